The summed E-state index contributed by atoms with van der Waals surface area (Å²) in [5, 5.41) is 0. The molecule has 0 N–H and O–H groups in total. The fourth-order valence-electron chi connectivity index (χ4n) is 2.67. The van der Waals surface area contributed by atoms with Crippen LogP contribution in [-0.4, -0.2) is 29.3 Å². The molecule has 0 atom stereocenters. The van der Waals surface area contributed by atoms with Crippen LogP contribution in [0.4, 0.5) is 0 Å². The number of rotatable bonds is 2. The second-order valence-electron chi connectivity index (χ2n) is 5.50. The Labute approximate surface area is 113 Å². The quantitative estimate of drug-likeness (QED) is 0.844. The highest BCUT2D eigenvalue weighted by Gasteiger charge is 2.24. The van der Waals surface area contributed by atoms with Crippen LogP contribution in [0.3, 0.4) is 0 Å². The van der Waals surface area contributed by atoms with Crippen molar-refractivity contribution >= 4 is 15.5 Å². The van der Waals surface area contributed by atoms with Gasteiger partial charge in [-0.1, -0.05) is 0 Å². The minimum atomic E-state index is -2.76. The third kappa shape index (κ3) is 2.81. The second-order valence-corrected chi connectivity index (χ2v) is 7.80. The van der Waals surface area contributed by atoms with Gasteiger partial charge in [0.15, 0.2) is 0 Å². The molecule has 1 aliphatic rings. The molecular weight excluding hydrogens is 260 g/mol. The SMILES string of the molecule is Cc1ccn2cc(CC3CCS(=O)(=O)CC3)nc2c1. The van der Waals surface area contributed by atoms with Crippen molar-refractivity contribution in [2.45, 2.75) is 26.2 Å². The van der Waals surface area contributed by atoms with E-state index in [9.17, 15) is 8.42 Å². The van der Waals surface area contributed by atoms with Crippen LogP contribution in [0.2, 0.25) is 0 Å². The van der Waals surface area contributed by atoms with Gasteiger partial charge in [-0.3, -0.25) is 0 Å². The average Bonchev–Trinajstić information content (AvgIpc) is 2.73. The Bertz CT molecular complexity index is 689. The Balaban J connectivity index is 1.75. The third-order valence-corrected chi connectivity index (χ3v) is 5.55. The van der Waals surface area contributed by atoms with Crippen molar-refractivity contribution < 1.29 is 8.42 Å². The second kappa shape index (κ2) is 4.63. The lowest BCUT2D eigenvalue weighted by Gasteiger charge is -2.20. The smallest absolute Gasteiger partial charge is 0.150 e. The summed E-state index contributed by atoms with van der Waals surface area (Å²) >= 11 is 0. The van der Waals surface area contributed by atoms with Crippen LogP contribution in [0.1, 0.15) is 24.1 Å². The first-order chi connectivity index (χ1) is 9.02. The van der Waals surface area contributed by atoms with Gasteiger partial charge in [-0.15, -0.1) is 0 Å². The number of aryl methyl sites for hydroxylation is 1. The maximum absolute atomic E-state index is 11.4. The Hall–Kier alpha value is -1.36. The number of sulfone groups is 1. The third-order valence-electron chi connectivity index (χ3n) is 3.84. The van der Waals surface area contributed by atoms with E-state index in [0.717, 1.165) is 30.6 Å². The Morgan fingerprint density at radius 2 is 2.11 bits per heavy atom. The van der Waals surface area contributed by atoms with Gasteiger partial charge in [0.05, 0.1) is 17.2 Å². The molecule has 1 aliphatic heterocycles. The molecule has 2 aromatic heterocycles. The number of imidazole rings is 1. The summed E-state index contributed by atoms with van der Waals surface area (Å²) < 4.78 is 24.8. The first-order valence-electron chi connectivity index (χ1n) is 6.66. The van der Waals surface area contributed by atoms with E-state index in [1.165, 1.54) is 5.56 Å². The Morgan fingerprint density at radius 3 is 2.84 bits per heavy atom. The van der Waals surface area contributed by atoms with Gasteiger partial charge in [0, 0.05) is 12.4 Å². The number of aromatic nitrogens is 2. The topological polar surface area (TPSA) is 51.4 Å². The van der Waals surface area contributed by atoms with Crippen molar-refractivity contribution in [2.75, 3.05) is 11.5 Å². The zero-order valence-electron chi connectivity index (χ0n) is 11.0. The van der Waals surface area contributed by atoms with Crippen molar-refractivity contribution in [1.82, 2.24) is 9.38 Å². The molecule has 0 unspecified atom stereocenters. The van der Waals surface area contributed by atoms with Crippen molar-refractivity contribution in [1.29, 1.82) is 0 Å². The first-order valence-corrected chi connectivity index (χ1v) is 8.49. The predicted octanol–water partition coefficient (Wildman–Crippen LogP) is 2.01. The fourth-order valence-corrected chi connectivity index (χ4v) is 4.26. The van der Waals surface area contributed by atoms with Crippen LogP contribution in [0.25, 0.3) is 5.65 Å². The molecule has 0 aliphatic carbocycles. The highest BCUT2D eigenvalue weighted by molar-refractivity contribution is 7.91. The van der Waals surface area contributed by atoms with Crippen molar-refractivity contribution in [2.24, 2.45) is 5.92 Å². The molecule has 4 nitrogen and oxygen atoms in total. The maximum atomic E-state index is 11.4. The lowest BCUT2D eigenvalue weighted by Crippen LogP contribution is -2.24. The van der Waals surface area contributed by atoms with Crippen LogP contribution in [-0.2, 0) is 16.3 Å². The van der Waals surface area contributed by atoms with Gasteiger partial charge in [0.2, 0.25) is 0 Å². The van der Waals surface area contributed by atoms with Gasteiger partial charge in [-0.05, 0) is 49.8 Å². The molecule has 0 saturated carbocycles. The maximum Gasteiger partial charge on any atom is 0.150 e. The highest BCUT2D eigenvalue weighted by Crippen LogP contribution is 2.23. The molecule has 0 radical (unpaired) electrons. The van der Waals surface area contributed by atoms with Gasteiger partial charge >= 0.3 is 0 Å². The van der Waals surface area contributed by atoms with E-state index in [2.05, 4.69) is 30.2 Å². The van der Waals surface area contributed by atoms with Crippen LogP contribution < -0.4 is 0 Å². The number of nitrogens with zero attached hydrogens (tertiary/aromatic N) is 2. The van der Waals surface area contributed by atoms with Gasteiger partial charge in [0.1, 0.15) is 15.5 Å². The molecule has 1 fully saturated rings. The molecular formula is C14H18N2O2S. The lowest BCUT2D eigenvalue weighted by molar-refractivity contribution is 0.459. The summed E-state index contributed by atoms with van der Waals surface area (Å²) in [5.74, 6) is 1.13. The van der Waals surface area contributed by atoms with Crippen molar-refractivity contribution in [3.05, 3.63) is 35.8 Å². The largest absolute Gasteiger partial charge is 0.307 e. The zero-order valence-corrected chi connectivity index (χ0v) is 11.9. The van der Waals surface area contributed by atoms with Gasteiger partial charge in [-0.25, -0.2) is 13.4 Å². The number of pyridine rings is 1. The van der Waals surface area contributed by atoms with E-state index in [4.69, 9.17) is 0 Å². The van der Waals surface area contributed by atoms with Gasteiger partial charge in [-0.2, -0.15) is 0 Å². The molecule has 2 aromatic rings. The van der Waals surface area contributed by atoms with E-state index >= 15 is 0 Å². The number of hydrogen-bond acceptors (Lipinski definition) is 3. The normalized spacial score (nSPS) is 19.8. The molecule has 19 heavy (non-hydrogen) atoms. The monoisotopic (exact) mass is 278 g/mol. The molecule has 5 heteroatoms. The van der Waals surface area contributed by atoms with Gasteiger partial charge in [0.25, 0.3) is 0 Å². The molecule has 1 saturated heterocycles. The summed E-state index contributed by atoms with van der Waals surface area (Å²) in [4.78, 5) is 4.62. The standard InChI is InChI=1S/C14H18N2O2S/c1-11-2-5-16-10-13(15-14(16)8-11)9-12-3-6-19(17,18)7-4-12/h2,5,8,10,12H,3-4,6-7,9H2,1H3. The first kappa shape index (κ1) is 12.7. The number of fused-ring (bicyclic) bond motifs is 1. The minimum Gasteiger partial charge on any atom is -0.307 e. The zero-order chi connectivity index (χ0) is 13.5. The van der Waals surface area contributed by atoms with Crippen LogP contribution in [0, 0.1) is 12.8 Å². The average molecular weight is 278 g/mol. The summed E-state index contributed by atoms with van der Waals surface area (Å²) in [6.07, 6.45) is 6.51. The van der Waals surface area contributed by atoms with E-state index < -0.39 is 9.84 Å². The summed E-state index contributed by atoms with van der Waals surface area (Å²) in [5.41, 5.74) is 3.24. The Morgan fingerprint density at radius 1 is 1.37 bits per heavy atom. The van der Waals surface area contributed by atoms with E-state index in [1.54, 1.807) is 0 Å². The summed E-state index contributed by atoms with van der Waals surface area (Å²) in [6.45, 7) is 2.06. The molecule has 0 spiro atoms. The van der Waals surface area contributed by atoms with Crippen LogP contribution in [0.5, 0.6) is 0 Å². The van der Waals surface area contributed by atoms with Crippen molar-refractivity contribution in [3.63, 3.8) is 0 Å². The molecule has 3 rings (SSSR count). The molecule has 0 amide bonds. The predicted molar refractivity (Wildman–Crippen MR) is 75.0 cm³/mol. The fraction of sp³-hybridized carbons (Fsp3) is 0.500. The van der Waals surface area contributed by atoms with E-state index in [-0.39, 0.29) is 0 Å². The lowest BCUT2D eigenvalue weighted by atomic mass is 9.97. The summed E-state index contributed by atoms with van der Waals surface area (Å²) in [7, 11) is -2.76. The van der Waals surface area contributed by atoms with Crippen molar-refractivity contribution in [3.8, 4) is 0 Å². The highest BCUT2D eigenvalue weighted by atomic mass is 32.2. The molecule has 0 aromatic carbocycles. The summed E-state index contributed by atoms with van der Waals surface area (Å²) in [6, 6.07) is 4.13. The van der Waals surface area contributed by atoms with Crippen LogP contribution >= 0.6 is 0 Å². The minimum absolute atomic E-state index is 0.337. The van der Waals surface area contributed by atoms with E-state index in [0.29, 0.717) is 17.4 Å². The molecule has 102 valence electrons. The van der Waals surface area contributed by atoms with Gasteiger partial charge < -0.3 is 4.40 Å². The Kier molecular flexibility index (Phi) is 3.09. The molecule has 3 heterocycles. The molecule has 0 bridgehead atoms. The van der Waals surface area contributed by atoms with E-state index in [1.807, 2.05) is 10.6 Å². The van der Waals surface area contributed by atoms with Crippen LogP contribution in [0.15, 0.2) is 24.5 Å². The number of hydrogen-bond donors (Lipinski definition) is 0.